The van der Waals surface area contributed by atoms with Crippen LogP contribution >= 0.6 is 0 Å². The monoisotopic (exact) mass is 303 g/mol. The van der Waals surface area contributed by atoms with Gasteiger partial charge in [0.15, 0.2) is 0 Å². The summed E-state index contributed by atoms with van der Waals surface area (Å²) in [6, 6.07) is 0.166. The maximum absolute atomic E-state index is 12.8. The van der Waals surface area contributed by atoms with Gasteiger partial charge in [-0.1, -0.05) is 26.2 Å². The number of amides is 1. The molecule has 3 atom stereocenters. The maximum atomic E-state index is 12.8. The van der Waals surface area contributed by atoms with Crippen molar-refractivity contribution in [3.8, 4) is 0 Å². The van der Waals surface area contributed by atoms with E-state index in [1.54, 1.807) is 0 Å². The molecule has 2 fully saturated rings. The second-order valence-electron chi connectivity index (χ2n) is 7.30. The summed E-state index contributed by atoms with van der Waals surface area (Å²) < 4.78 is 0. The fourth-order valence-electron chi connectivity index (χ4n) is 4.12. The highest BCUT2D eigenvalue weighted by Crippen LogP contribution is 2.36. The van der Waals surface area contributed by atoms with E-state index in [2.05, 4.69) is 28.7 Å². The van der Waals surface area contributed by atoms with Crippen molar-refractivity contribution in [2.75, 3.05) is 6.54 Å². The Hall–Kier alpha value is -1.32. The van der Waals surface area contributed by atoms with Crippen LogP contribution in [-0.2, 0) is 4.79 Å². The summed E-state index contributed by atoms with van der Waals surface area (Å²) in [5, 5.41) is 0. The van der Waals surface area contributed by atoms with Crippen molar-refractivity contribution in [3.05, 3.63) is 17.2 Å². The molecule has 0 radical (unpaired) electrons. The third kappa shape index (κ3) is 3.06. The van der Waals surface area contributed by atoms with Crippen LogP contribution in [0.15, 0.2) is 0 Å². The first-order valence-corrected chi connectivity index (χ1v) is 8.89. The SMILES string of the molecule is Cc1nc(C2CCCN2C(=O)CC2CCCCC2C)[nH]c1C. The molecule has 1 aliphatic heterocycles. The summed E-state index contributed by atoms with van der Waals surface area (Å²) >= 11 is 0. The van der Waals surface area contributed by atoms with Crippen molar-refractivity contribution in [2.45, 2.75) is 71.8 Å². The predicted octanol–water partition coefficient (Wildman–Crippen LogP) is 3.91. The van der Waals surface area contributed by atoms with Crippen molar-refractivity contribution >= 4 is 5.91 Å². The summed E-state index contributed by atoms with van der Waals surface area (Å²) in [6.07, 6.45) is 8.01. The number of carbonyl (C=O) groups excluding carboxylic acids is 1. The van der Waals surface area contributed by atoms with Gasteiger partial charge in [0.1, 0.15) is 5.82 Å². The summed E-state index contributed by atoms with van der Waals surface area (Å²) in [5.41, 5.74) is 2.17. The Morgan fingerprint density at radius 1 is 1.23 bits per heavy atom. The minimum Gasteiger partial charge on any atom is -0.344 e. The van der Waals surface area contributed by atoms with Gasteiger partial charge in [0.05, 0.1) is 11.7 Å². The smallest absolute Gasteiger partial charge is 0.223 e. The molecule has 4 nitrogen and oxygen atoms in total. The Morgan fingerprint density at radius 2 is 2.00 bits per heavy atom. The van der Waals surface area contributed by atoms with Crippen molar-refractivity contribution in [1.82, 2.24) is 14.9 Å². The lowest BCUT2D eigenvalue weighted by molar-refractivity contribution is -0.134. The second-order valence-corrected chi connectivity index (χ2v) is 7.30. The van der Waals surface area contributed by atoms with E-state index in [1.165, 1.54) is 25.7 Å². The molecule has 0 spiro atoms. The van der Waals surface area contributed by atoms with E-state index in [1.807, 2.05) is 6.92 Å². The molecule has 4 heteroatoms. The van der Waals surface area contributed by atoms with Crippen LogP contribution in [0.25, 0.3) is 0 Å². The van der Waals surface area contributed by atoms with Crippen LogP contribution in [0.2, 0.25) is 0 Å². The molecule has 1 amide bonds. The Kier molecular flexibility index (Phi) is 4.55. The Labute approximate surface area is 133 Å². The van der Waals surface area contributed by atoms with Gasteiger partial charge >= 0.3 is 0 Å². The number of H-pyrrole nitrogens is 1. The maximum Gasteiger partial charge on any atom is 0.223 e. The Morgan fingerprint density at radius 3 is 2.68 bits per heavy atom. The van der Waals surface area contributed by atoms with Gasteiger partial charge < -0.3 is 9.88 Å². The van der Waals surface area contributed by atoms with E-state index in [9.17, 15) is 4.79 Å². The molecular formula is C18H29N3O. The van der Waals surface area contributed by atoms with E-state index in [4.69, 9.17) is 0 Å². The van der Waals surface area contributed by atoms with Crippen molar-refractivity contribution < 1.29 is 4.79 Å². The van der Waals surface area contributed by atoms with Crippen LogP contribution in [0.4, 0.5) is 0 Å². The Bertz CT molecular complexity index is 517. The van der Waals surface area contributed by atoms with Gasteiger partial charge in [-0.2, -0.15) is 0 Å². The molecule has 2 aliphatic rings. The highest BCUT2D eigenvalue weighted by molar-refractivity contribution is 5.77. The zero-order valence-corrected chi connectivity index (χ0v) is 14.2. The standard InChI is InChI=1S/C18H29N3O/c1-12-7-4-5-8-15(12)11-17(22)21-10-6-9-16(21)18-19-13(2)14(3)20-18/h12,15-16H,4-11H2,1-3H3,(H,19,20). The number of aryl methyl sites for hydroxylation is 2. The first-order chi connectivity index (χ1) is 10.6. The van der Waals surface area contributed by atoms with Crippen molar-refractivity contribution in [1.29, 1.82) is 0 Å². The second kappa shape index (κ2) is 6.43. The topological polar surface area (TPSA) is 49.0 Å². The summed E-state index contributed by atoms with van der Waals surface area (Å²) in [7, 11) is 0. The molecule has 1 aromatic heterocycles. The summed E-state index contributed by atoms with van der Waals surface area (Å²) in [5.74, 6) is 2.61. The van der Waals surface area contributed by atoms with Crippen LogP contribution in [0.3, 0.4) is 0 Å². The number of likely N-dealkylation sites (tertiary alicyclic amines) is 1. The average molecular weight is 303 g/mol. The van der Waals surface area contributed by atoms with Crippen LogP contribution in [0.5, 0.6) is 0 Å². The van der Waals surface area contributed by atoms with E-state index < -0.39 is 0 Å². The van der Waals surface area contributed by atoms with E-state index in [0.717, 1.165) is 43.0 Å². The number of imidazole rings is 1. The minimum atomic E-state index is 0.166. The van der Waals surface area contributed by atoms with E-state index in [0.29, 0.717) is 17.7 Å². The van der Waals surface area contributed by atoms with E-state index >= 15 is 0 Å². The van der Waals surface area contributed by atoms with Crippen LogP contribution in [0, 0.1) is 25.7 Å². The van der Waals surface area contributed by atoms with E-state index in [-0.39, 0.29) is 6.04 Å². The number of carbonyl (C=O) groups is 1. The molecule has 1 aliphatic carbocycles. The zero-order valence-electron chi connectivity index (χ0n) is 14.2. The number of aromatic nitrogens is 2. The number of hydrogen-bond donors (Lipinski definition) is 1. The van der Waals surface area contributed by atoms with Gasteiger partial charge in [0, 0.05) is 18.7 Å². The fraction of sp³-hybridized carbons (Fsp3) is 0.778. The summed E-state index contributed by atoms with van der Waals surface area (Å²) in [4.78, 5) is 22.9. The first kappa shape index (κ1) is 15.6. The first-order valence-electron chi connectivity index (χ1n) is 8.89. The molecule has 1 saturated heterocycles. The molecule has 1 saturated carbocycles. The highest BCUT2D eigenvalue weighted by atomic mass is 16.2. The average Bonchev–Trinajstić information content (AvgIpc) is 3.09. The lowest BCUT2D eigenvalue weighted by Gasteiger charge is -2.31. The number of hydrogen-bond acceptors (Lipinski definition) is 2. The number of rotatable bonds is 3. The van der Waals surface area contributed by atoms with Crippen LogP contribution in [0.1, 0.15) is 75.1 Å². The van der Waals surface area contributed by atoms with Crippen molar-refractivity contribution in [3.63, 3.8) is 0 Å². The predicted molar refractivity (Wildman–Crippen MR) is 87.5 cm³/mol. The molecule has 0 aromatic carbocycles. The number of nitrogens with zero attached hydrogens (tertiary/aromatic N) is 2. The molecule has 1 N–H and O–H groups in total. The van der Waals surface area contributed by atoms with Crippen LogP contribution < -0.4 is 0 Å². The third-order valence-electron chi connectivity index (χ3n) is 5.76. The molecule has 2 heterocycles. The van der Waals surface area contributed by atoms with Gasteiger partial charge in [0.25, 0.3) is 0 Å². The minimum absolute atomic E-state index is 0.166. The van der Waals surface area contributed by atoms with Gasteiger partial charge in [-0.3, -0.25) is 4.79 Å². The van der Waals surface area contributed by atoms with Gasteiger partial charge in [-0.05, 0) is 44.9 Å². The number of aromatic amines is 1. The van der Waals surface area contributed by atoms with Crippen LogP contribution in [-0.4, -0.2) is 27.3 Å². The molecule has 3 unspecified atom stereocenters. The Balaban J connectivity index is 1.68. The van der Waals surface area contributed by atoms with Gasteiger partial charge in [-0.25, -0.2) is 4.98 Å². The lowest BCUT2D eigenvalue weighted by atomic mass is 9.78. The lowest BCUT2D eigenvalue weighted by Crippen LogP contribution is -2.34. The zero-order chi connectivity index (χ0) is 15.7. The fourth-order valence-corrected chi connectivity index (χ4v) is 4.12. The molecule has 122 valence electrons. The molecule has 3 rings (SSSR count). The molecular weight excluding hydrogens is 274 g/mol. The normalized spacial score (nSPS) is 29.0. The highest BCUT2D eigenvalue weighted by Gasteiger charge is 2.34. The largest absolute Gasteiger partial charge is 0.344 e. The molecule has 1 aromatic rings. The summed E-state index contributed by atoms with van der Waals surface area (Å²) in [6.45, 7) is 7.29. The van der Waals surface area contributed by atoms with Crippen molar-refractivity contribution in [2.24, 2.45) is 11.8 Å². The number of nitrogens with one attached hydrogen (secondary N) is 1. The third-order valence-corrected chi connectivity index (χ3v) is 5.76. The van der Waals surface area contributed by atoms with Gasteiger partial charge in [0.2, 0.25) is 5.91 Å². The van der Waals surface area contributed by atoms with Gasteiger partial charge in [-0.15, -0.1) is 0 Å². The molecule has 22 heavy (non-hydrogen) atoms. The quantitative estimate of drug-likeness (QED) is 0.920. The molecule has 0 bridgehead atoms.